The van der Waals surface area contributed by atoms with Gasteiger partial charge in [0.25, 0.3) is 0 Å². The SMILES string of the molecule is COC(=O)c1cccc2c1C1(CCNCC1)C(=O)N2Cc1ccccc1. The second kappa shape index (κ2) is 6.57. The summed E-state index contributed by atoms with van der Waals surface area (Å²) in [6.45, 7) is 2.03. The smallest absolute Gasteiger partial charge is 0.338 e. The summed E-state index contributed by atoms with van der Waals surface area (Å²) >= 11 is 0. The summed E-state index contributed by atoms with van der Waals surface area (Å²) in [5.41, 5.74) is 2.62. The van der Waals surface area contributed by atoms with Crippen molar-refractivity contribution in [3.05, 3.63) is 65.2 Å². The first kappa shape index (κ1) is 16.8. The number of benzene rings is 2. The molecule has 1 N–H and O–H groups in total. The van der Waals surface area contributed by atoms with Gasteiger partial charge in [0.2, 0.25) is 5.91 Å². The highest BCUT2D eigenvalue weighted by Gasteiger charge is 2.52. The van der Waals surface area contributed by atoms with Crippen molar-refractivity contribution in [1.29, 1.82) is 0 Å². The fourth-order valence-electron chi connectivity index (χ4n) is 4.26. The molecular weight excluding hydrogens is 328 g/mol. The van der Waals surface area contributed by atoms with E-state index in [2.05, 4.69) is 5.32 Å². The van der Waals surface area contributed by atoms with Gasteiger partial charge in [0, 0.05) is 11.3 Å². The molecule has 2 aromatic rings. The fourth-order valence-corrected chi connectivity index (χ4v) is 4.26. The van der Waals surface area contributed by atoms with Gasteiger partial charge < -0.3 is 15.0 Å². The molecule has 0 aliphatic carbocycles. The molecule has 134 valence electrons. The summed E-state index contributed by atoms with van der Waals surface area (Å²) in [5.74, 6) is -0.289. The summed E-state index contributed by atoms with van der Waals surface area (Å²) in [7, 11) is 1.38. The highest BCUT2D eigenvalue weighted by atomic mass is 16.5. The summed E-state index contributed by atoms with van der Waals surface area (Å²) in [5, 5.41) is 3.33. The second-order valence-corrected chi connectivity index (χ2v) is 6.90. The molecule has 26 heavy (non-hydrogen) atoms. The van der Waals surface area contributed by atoms with Crippen LogP contribution >= 0.6 is 0 Å². The first-order chi connectivity index (χ1) is 12.7. The summed E-state index contributed by atoms with van der Waals surface area (Å²) < 4.78 is 5.00. The standard InChI is InChI=1S/C21H22N2O3/c1-26-19(24)16-8-5-9-17-18(16)21(10-12-22-13-11-21)20(25)23(17)14-15-6-3-2-4-7-15/h2-9,22H,10-14H2,1H3. The normalized spacial score (nSPS) is 18.0. The van der Waals surface area contributed by atoms with E-state index < -0.39 is 5.41 Å². The maximum Gasteiger partial charge on any atom is 0.338 e. The van der Waals surface area contributed by atoms with Crippen LogP contribution in [0.1, 0.15) is 34.3 Å². The van der Waals surface area contributed by atoms with E-state index in [-0.39, 0.29) is 11.9 Å². The number of rotatable bonds is 3. The number of hydrogen-bond acceptors (Lipinski definition) is 4. The predicted octanol–water partition coefficient (Wildman–Crippen LogP) is 2.64. The van der Waals surface area contributed by atoms with Gasteiger partial charge >= 0.3 is 5.97 Å². The molecule has 2 aromatic carbocycles. The average molecular weight is 350 g/mol. The van der Waals surface area contributed by atoms with Crippen LogP contribution in [0.3, 0.4) is 0 Å². The van der Waals surface area contributed by atoms with Gasteiger partial charge in [-0.3, -0.25) is 4.79 Å². The van der Waals surface area contributed by atoms with Crippen LogP contribution in [-0.4, -0.2) is 32.1 Å². The molecule has 2 heterocycles. The van der Waals surface area contributed by atoms with E-state index in [1.807, 2.05) is 47.4 Å². The number of hydrogen-bond donors (Lipinski definition) is 1. The van der Waals surface area contributed by atoms with Crippen molar-refractivity contribution in [3.63, 3.8) is 0 Å². The molecule has 5 heteroatoms. The molecule has 4 rings (SSSR count). The molecule has 1 spiro atoms. The number of ether oxygens (including phenoxy) is 1. The highest BCUT2D eigenvalue weighted by Crippen LogP contribution is 2.49. The lowest BCUT2D eigenvalue weighted by molar-refractivity contribution is -0.124. The van der Waals surface area contributed by atoms with E-state index >= 15 is 0 Å². The van der Waals surface area contributed by atoms with Gasteiger partial charge in [0.05, 0.1) is 24.6 Å². The van der Waals surface area contributed by atoms with Crippen molar-refractivity contribution in [2.45, 2.75) is 24.8 Å². The van der Waals surface area contributed by atoms with Crippen LogP contribution in [0.25, 0.3) is 0 Å². The van der Waals surface area contributed by atoms with Crippen LogP contribution < -0.4 is 10.2 Å². The first-order valence-electron chi connectivity index (χ1n) is 8.96. The van der Waals surface area contributed by atoms with Gasteiger partial charge in [-0.2, -0.15) is 0 Å². The Hall–Kier alpha value is -2.66. The van der Waals surface area contributed by atoms with Gasteiger partial charge in [-0.15, -0.1) is 0 Å². The zero-order valence-corrected chi connectivity index (χ0v) is 14.8. The Labute approximate surface area is 153 Å². The minimum Gasteiger partial charge on any atom is -0.465 e. The van der Waals surface area contributed by atoms with Crippen molar-refractivity contribution in [2.24, 2.45) is 0 Å². The lowest BCUT2D eigenvalue weighted by Crippen LogP contribution is -2.47. The van der Waals surface area contributed by atoms with Crippen LogP contribution in [0.15, 0.2) is 48.5 Å². The monoisotopic (exact) mass is 350 g/mol. The van der Waals surface area contributed by atoms with Crippen molar-refractivity contribution < 1.29 is 14.3 Å². The Balaban J connectivity index is 1.85. The lowest BCUT2D eigenvalue weighted by atomic mass is 9.72. The van der Waals surface area contributed by atoms with E-state index in [1.54, 1.807) is 6.07 Å². The molecule has 0 atom stereocenters. The molecule has 2 aliphatic rings. The first-order valence-corrected chi connectivity index (χ1v) is 8.96. The molecule has 0 unspecified atom stereocenters. The number of carbonyl (C=O) groups excluding carboxylic acids is 2. The summed E-state index contributed by atoms with van der Waals surface area (Å²) in [4.78, 5) is 27.8. The van der Waals surface area contributed by atoms with E-state index in [1.165, 1.54) is 7.11 Å². The quantitative estimate of drug-likeness (QED) is 0.865. The van der Waals surface area contributed by atoms with Crippen LogP contribution in [0.4, 0.5) is 5.69 Å². The Morgan fingerprint density at radius 2 is 1.85 bits per heavy atom. The van der Waals surface area contributed by atoms with Crippen LogP contribution in [-0.2, 0) is 21.5 Å². The van der Waals surface area contributed by atoms with Gasteiger partial charge in [-0.25, -0.2) is 4.79 Å². The van der Waals surface area contributed by atoms with E-state index in [4.69, 9.17) is 4.74 Å². The van der Waals surface area contributed by atoms with Gasteiger partial charge in [-0.05, 0) is 43.6 Å². The Morgan fingerprint density at radius 3 is 2.54 bits per heavy atom. The summed E-state index contributed by atoms with van der Waals surface area (Å²) in [6, 6.07) is 15.5. The molecule has 1 amide bonds. The van der Waals surface area contributed by atoms with Gasteiger partial charge in [-0.1, -0.05) is 36.4 Å². The van der Waals surface area contributed by atoms with Gasteiger partial charge in [0.1, 0.15) is 0 Å². The Kier molecular flexibility index (Phi) is 4.24. The Morgan fingerprint density at radius 1 is 1.12 bits per heavy atom. The lowest BCUT2D eigenvalue weighted by Gasteiger charge is -2.33. The molecule has 5 nitrogen and oxygen atoms in total. The molecule has 1 fully saturated rings. The second-order valence-electron chi connectivity index (χ2n) is 6.90. The highest BCUT2D eigenvalue weighted by molar-refractivity contribution is 6.11. The average Bonchev–Trinajstić information content (AvgIpc) is 2.92. The maximum absolute atomic E-state index is 13.6. The van der Waals surface area contributed by atoms with E-state index in [0.717, 1.165) is 29.9 Å². The minimum atomic E-state index is -0.639. The maximum atomic E-state index is 13.6. The number of nitrogens with one attached hydrogen (secondary N) is 1. The topological polar surface area (TPSA) is 58.6 Å². The zero-order valence-electron chi connectivity index (χ0n) is 14.8. The number of nitrogens with zero attached hydrogens (tertiary/aromatic N) is 1. The minimum absolute atomic E-state index is 0.0919. The van der Waals surface area contributed by atoms with Crippen LogP contribution in [0, 0.1) is 0 Å². The molecule has 0 aromatic heterocycles. The molecule has 2 aliphatic heterocycles. The van der Waals surface area contributed by atoms with Gasteiger partial charge in [0.15, 0.2) is 0 Å². The number of fused-ring (bicyclic) bond motifs is 2. The number of piperidine rings is 1. The number of carbonyl (C=O) groups is 2. The number of esters is 1. The fraction of sp³-hybridized carbons (Fsp3) is 0.333. The molecule has 0 saturated carbocycles. The Bertz CT molecular complexity index is 842. The van der Waals surface area contributed by atoms with Crippen molar-refractivity contribution in [3.8, 4) is 0 Å². The summed E-state index contributed by atoms with van der Waals surface area (Å²) in [6.07, 6.45) is 1.39. The molecular formula is C21H22N2O3. The third-order valence-electron chi connectivity index (χ3n) is 5.51. The van der Waals surface area contributed by atoms with E-state index in [0.29, 0.717) is 24.9 Å². The number of amides is 1. The third kappa shape index (κ3) is 2.51. The van der Waals surface area contributed by atoms with Crippen LogP contribution in [0.2, 0.25) is 0 Å². The van der Waals surface area contributed by atoms with Crippen molar-refractivity contribution in [2.75, 3.05) is 25.1 Å². The van der Waals surface area contributed by atoms with E-state index in [9.17, 15) is 9.59 Å². The zero-order chi connectivity index (χ0) is 18.1. The van der Waals surface area contributed by atoms with Crippen LogP contribution in [0.5, 0.6) is 0 Å². The van der Waals surface area contributed by atoms with Crippen molar-refractivity contribution in [1.82, 2.24) is 5.32 Å². The third-order valence-corrected chi connectivity index (χ3v) is 5.51. The molecule has 0 radical (unpaired) electrons. The number of methoxy groups -OCH3 is 1. The molecule has 0 bridgehead atoms. The molecule has 1 saturated heterocycles. The predicted molar refractivity (Wildman–Crippen MR) is 99.2 cm³/mol. The largest absolute Gasteiger partial charge is 0.465 e. The van der Waals surface area contributed by atoms with Crippen molar-refractivity contribution >= 4 is 17.6 Å². The number of anilines is 1.